The molecule has 3 aromatic rings. The number of halogens is 1. The second-order valence-corrected chi connectivity index (χ2v) is 12.0. The number of aliphatic hydroxyl groups is 3. The molecule has 5 atom stereocenters. The fraction of sp³-hybridized carbons (Fsp3) is 0.667. The summed E-state index contributed by atoms with van der Waals surface area (Å²) >= 11 is 6.19. The number of fused-ring (bicyclic) bond motifs is 1. The first-order valence-electron chi connectivity index (χ1n) is 12.6. The Morgan fingerprint density at radius 1 is 1.25 bits per heavy atom. The van der Waals surface area contributed by atoms with Crippen molar-refractivity contribution in [2.24, 2.45) is 0 Å². The number of ether oxygens (including phenoxy) is 3. The first kappa shape index (κ1) is 29.2. The van der Waals surface area contributed by atoms with Gasteiger partial charge in [0.25, 0.3) is 0 Å². The lowest BCUT2D eigenvalue weighted by atomic mass is 10.1. The highest BCUT2D eigenvalue weighted by atomic mass is 35.5. The van der Waals surface area contributed by atoms with Gasteiger partial charge in [-0.2, -0.15) is 10.2 Å². The first-order valence-corrected chi connectivity index (χ1v) is 14.5. The Bertz CT molecular complexity index is 1340. The van der Waals surface area contributed by atoms with Crippen LogP contribution in [-0.4, -0.2) is 110 Å². The molecular weight excluding hydrogens is 575 g/mol. The van der Waals surface area contributed by atoms with Crippen LogP contribution in [0.4, 0.5) is 5.82 Å². The highest BCUT2D eigenvalue weighted by Crippen LogP contribution is 2.51. The van der Waals surface area contributed by atoms with Crippen molar-refractivity contribution < 1.29 is 43.9 Å². The fourth-order valence-corrected chi connectivity index (χ4v) is 5.73. The molecule has 0 unspecified atom stereocenters. The lowest BCUT2D eigenvalue weighted by Crippen LogP contribution is -2.45. The van der Waals surface area contributed by atoms with Crippen LogP contribution >= 0.6 is 19.2 Å². The molecule has 7 N–H and O–H groups in total. The number of aromatic amines is 1. The molecule has 2 fully saturated rings. The zero-order chi connectivity index (χ0) is 28.5. The third-order valence-electron chi connectivity index (χ3n) is 7.11. The highest BCUT2D eigenvalue weighted by Gasteiger charge is 2.51. The Kier molecular flexibility index (Phi) is 8.68. The molecule has 17 nitrogen and oxygen atoms in total. The van der Waals surface area contributed by atoms with E-state index in [1.54, 1.807) is 12.1 Å². The quantitative estimate of drug-likeness (QED) is 0.129. The largest absolute Gasteiger partial charge is 0.393 e. The van der Waals surface area contributed by atoms with E-state index < -0.39 is 57.2 Å². The average molecular weight is 605 g/mol. The summed E-state index contributed by atoms with van der Waals surface area (Å²) in [5.74, 6) is 0.643. The van der Waals surface area contributed by atoms with Crippen molar-refractivity contribution in [1.29, 1.82) is 0 Å². The lowest BCUT2D eigenvalue weighted by molar-refractivity contribution is -0.126. The summed E-state index contributed by atoms with van der Waals surface area (Å²) in [7, 11) is -5.13. The molecule has 1 saturated carbocycles. The molecule has 1 saturated heterocycles. The predicted molar refractivity (Wildman–Crippen MR) is 135 cm³/mol. The van der Waals surface area contributed by atoms with Gasteiger partial charge >= 0.3 is 7.60 Å². The Labute approximate surface area is 232 Å². The highest BCUT2D eigenvalue weighted by molar-refractivity contribution is 7.53. The zero-order valence-corrected chi connectivity index (χ0v) is 22.7. The SMILES string of the molecule is O=P(O)(O)[C@@](CO)(COCc1nn[nH]n1)OC[C@H]1O[C@@H](c2ccc3c(NC4CCCC4)nc(Cl)nn23)[C@H](O)[C@@H]1O. The fourth-order valence-electron chi connectivity index (χ4n) is 4.88. The van der Waals surface area contributed by atoms with Crippen LogP contribution in [0.5, 0.6) is 0 Å². The van der Waals surface area contributed by atoms with Crippen LogP contribution in [0, 0.1) is 0 Å². The van der Waals surface area contributed by atoms with E-state index in [4.69, 9.17) is 25.8 Å². The smallest absolute Gasteiger partial charge is 0.361 e. The van der Waals surface area contributed by atoms with E-state index in [1.165, 1.54) is 4.52 Å². The molecule has 3 aromatic heterocycles. The van der Waals surface area contributed by atoms with Gasteiger partial charge in [-0.05, 0) is 36.6 Å². The van der Waals surface area contributed by atoms with Crippen LogP contribution in [0.1, 0.15) is 43.3 Å². The van der Waals surface area contributed by atoms with Crippen molar-refractivity contribution in [1.82, 2.24) is 35.2 Å². The number of aliphatic hydroxyl groups excluding tert-OH is 3. The van der Waals surface area contributed by atoms with Crippen LogP contribution in [0.2, 0.25) is 5.28 Å². The number of nitrogens with one attached hydrogen (secondary N) is 2. The minimum Gasteiger partial charge on any atom is -0.393 e. The van der Waals surface area contributed by atoms with Crippen molar-refractivity contribution in [2.45, 2.75) is 68.1 Å². The maximum absolute atomic E-state index is 12.3. The number of tetrazole rings is 1. The summed E-state index contributed by atoms with van der Waals surface area (Å²) in [6, 6.07) is 3.64. The van der Waals surface area contributed by atoms with Gasteiger partial charge in [0, 0.05) is 6.04 Å². The molecule has 0 aromatic carbocycles. The van der Waals surface area contributed by atoms with Crippen molar-refractivity contribution in [3.05, 3.63) is 28.9 Å². The monoisotopic (exact) mass is 604 g/mol. The van der Waals surface area contributed by atoms with Crippen molar-refractivity contribution in [3.8, 4) is 0 Å². The summed E-state index contributed by atoms with van der Waals surface area (Å²) in [5.41, 5.74) is 0.963. The van der Waals surface area contributed by atoms with Crippen LogP contribution < -0.4 is 5.32 Å². The number of rotatable bonds is 12. The molecule has 19 heteroatoms. The predicted octanol–water partition coefficient (Wildman–Crippen LogP) is -0.488. The first-order chi connectivity index (χ1) is 19.1. The third-order valence-corrected chi connectivity index (χ3v) is 8.73. The van der Waals surface area contributed by atoms with Crippen LogP contribution in [0.3, 0.4) is 0 Å². The molecule has 0 amide bonds. The molecule has 5 rings (SSSR count). The lowest BCUT2D eigenvalue weighted by Gasteiger charge is -2.33. The van der Waals surface area contributed by atoms with Gasteiger partial charge in [-0.1, -0.05) is 18.1 Å². The van der Waals surface area contributed by atoms with Gasteiger partial charge in [-0.3, -0.25) is 4.57 Å². The second kappa shape index (κ2) is 11.9. The van der Waals surface area contributed by atoms with Gasteiger partial charge in [-0.25, -0.2) is 4.52 Å². The van der Waals surface area contributed by atoms with Crippen molar-refractivity contribution in [3.63, 3.8) is 0 Å². The number of hydrogen-bond donors (Lipinski definition) is 7. The Hall–Kier alpha value is -2.31. The van der Waals surface area contributed by atoms with Crippen LogP contribution in [0.15, 0.2) is 12.1 Å². The van der Waals surface area contributed by atoms with E-state index in [9.17, 15) is 29.7 Å². The van der Waals surface area contributed by atoms with Gasteiger partial charge in [0.15, 0.2) is 11.6 Å². The van der Waals surface area contributed by atoms with E-state index in [0.29, 0.717) is 17.0 Å². The maximum Gasteiger partial charge on any atom is 0.361 e. The number of H-pyrrole nitrogens is 1. The van der Waals surface area contributed by atoms with Gasteiger partial charge in [0.05, 0.1) is 25.5 Å². The Balaban J connectivity index is 1.31. The summed E-state index contributed by atoms with van der Waals surface area (Å²) in [6.07, 6.45) is -1.02. The average Bonchev–Trinajstić information content (AvgIpc) is 3.71. The van der Waals surface area contributed by atoms with E-state index in [0.717, 1.165) is 25.7 Å². The number of aromatic nitrogens is 7. The maximum atomic E-state index is 12.3. The second-order valence-electron chi connectivity index (χ2n) is 9.77. The van der Waals surface area contributed by atoms with Crippen molar-refractivity contribution in [2.75, 3.05) is 25.1 Å². The topological polar surface area (TPSA) is 243 Å². The minimum absolute atomic E-state index is 0.0337. The summed E-state index contributed by atoms with van der Waals surface area (Å²) < 4.78 is 30.4. The van der Waals surface area contributed by atoms with Gasteiger partial charge in [0.2, 0.25) is 10.6 Å². The molecular formula is C21H30ClN8O9P. The molecule has 40 heavy (non-hydrogen) atoms. The Morgan fingerprint density at radius 3 is 2.70 bits per heavy atom. The molecule has 2 aliphatic rings. The molecule has 0 radical (unpaired) electrons. The van der Waals surface area contributed by atoms with Crippen LogP contribution in [0.25, 0.3) is 5.52 Å². The van der Waals surface area contributed by atoms with Gasteiger partial charge < -0.3 is 44.6 Å². The molecule has 220 valence electrons. The standard InChI is InChI=1S/C21H30ClN8O9P/c22-20-24-19(23-11-3-1-2-4-11)13-6-5-12(30(13)27-20)18-17(33)16(32)14(39-18)7-38-21(9-31,40(34,35)36)10-37-8-15-25-28-29-26-15/h5-6,11,14,16-18,31-33H,1-4,7-10H2,(H,23,24,27)(H2,34,35,36)(H,25,26,28,29)/t14-,16-,17-,18+,21+/m1/s1. The Morgan fingerprint density at radius 2 is 2.02 bits per heavy atom. The van der Waals surface area contributed by atoms with Crippen LogP contribution in [-0.2, 0) is 25.4 Å². The number of hydrogen-bond acceptors (Lipinski definition) is 13. The summed E-state index contributed by atoms with van der Waals surface area (Å²) in [5, 5.41) is 49.5. The van der Waals surface area contributed by atoms with E-state index in [-0.39, 0.29) is 23.8 Å². The summed E-state index contributed by atoms with van der Waals surface area (Å²) in [6.45, 7) is -2.73. The zero-order valence-electron chi connectivity index (χ0n) is 21.1. The molecule has 4 heterocycles. The molecule has 0 spiro atoms. The van der Waals surface area contributed by atoms with E-state index in [1.807, 2.05) is 0 Å². The normalized spacial score (nSPS) is 25.6. The number of nitrogens with zero attached hydrogens (tertiary/aromatic N) is 6. The molecule has 1 aliphatic carbocycles. The van der Waals surface area contributed by atoms with E-state index in [2.05, 4.69) is 36.0 Å². The molecule has 1 aliphatic heterocycles. The van der Waals surface area contributed by atoms with E-state index >= 15 is 0 Å². The van der Waals surface area contributed by atoms with Crippen molar-refractivity contribution >= 4 is 30.5 Å². The molecule has 0 bridgehead atoms. The number of anilines is 1. The third kappa shape index (κ3) is 5.85. The summed E-state index contributed by atoms with van der Waals surface area (Å²) in [4.78, 5) is 24.2. The minimum atomic E-state index is -5.13. The van der Waals surface area contributed by atoms with Gasteiger partial charge in [0.1, 0.15) is 36.5 Å². The van der Waals surface area contributed by atoms with Gasteiger partial charge in [-0.15, -0.1) is 15.3 Å².